The van der Waals surface area contributed by atoms with Crippen LogP contribution in [0.2, 0.25) is 0 Å². The van der Waals surface area contributed by atoms with Crippen LogP contribution in [0.4, 0.5) is 0 Å². The number of allylic oxidation sites excluding steroid dienone is 1. The van der Waals surface area contributed by atoms with Gasteiger partial charge in [-0.2, -0.15) is 0 Å². The highest BCUT2D eigenvalue weighted by Gasteiger charge is 2.25. The van der Waals surface area contributed by atoms with Crippen molar-refractivity contribution in [3.05, 3.63) is 109 Å². The van der Waals surface area contributed by atoms with E-state index in [4.69, 9.17) is 14.2 Å². The molecule has 0 spiro atoms. The summed E-state index contributed by atoms with van der Waals surface area (Å²) in [7, 11) is 1.52. The van der Waals surface area contributed by atoms with Crippen LogP contribution in [0.15, 0.2) is 103 Å². The first-order chi connectivity index (χ1) is 22.0. The van der Waals surface area contributed by atoms with E-state index in [0.29, 0.717) is 40.9 Å². The molecule has 46 heavy (non-hydrogen) atoms. The van der Waals surface area contributed by atoms with Gasteiger partial charge in [-0.1, -0.05) is 68.6 Å². The van der Waals surface area contributed by atoms with E-state index < -0.39 is 11.9 Å². The van der Waals surface area contributed by atoms with E-state index in [1.54, 1.807) is 26.0 Å². The molecule has 0 heterocycles. The molecule has 3 aromatic rings. The molecular formula is C40H44O6. The van der Waals surface area contributed by atoms with Crippen molar-refractivity contribution in [2.45, 2.75) is 64.7 Å². The predicted molar refractivity (Wildman–Crippen MR) is 183 cm³/mol. The van der Waals surface area contributed by atoms with Crippen LogP contribution in [-0.4, -0.2) is 31.4 Å². The molecular weight excluding hydrogens is 576 g/mol. The van der Waals surface area contributed by atoms with E-state index in [1.807, 2.05) is 30.3 Å². The van der Waals surface area contributed by atoms with Gasteiger partial charge in [-0.3, -0.25) is 4.79 Å². The van der Waals surface area contributed by atoms with Gasteiger partial charge >= 0.3 is 11.9 Å². The maximum Gasteiger partial charge on any atom is 0.341 e. The van der Waals surface area contributed by atoms with Crippen molar-refractivity contribution in [3.63, 3.8) is 0 Å². The normalized spacial score (nSPS) is 15.9. The highest BCUT2D eigenvalue weighted by molar-refractivity contribution is 5.94. The number of carbonyl (C=O) groups is 3. The third kappa shape index (κ3) is 9.24. The molecule has 0 N–H and O–H groups in total. The lowest BCUT2D eigenvalue weighted by Crippen LogP contribution is -2.16. The van der Waals surface area contributed by atoms with E-state index in [-0.39, 0.29) is 18.0 Å². The molecule has 0 amide bonds. The maximum absolute atomic E-state index is 12.6. The topological polar surface area (TPSA) is 78.9 Å². The third-order valence-corrected chi connectivity index (χ3v) is 8.56. The van der Waals surface area contributed by atoms with Gasteiger partial charge in [0.05, 0.1) is 12.2 Å². The predicted octanol–water partition coefficient (Wildman–Crippen LogP) is 9.20. The van der Waals surface area contributed by atoms with E-state index in [2.05, 4.69) is 44.0 Å². The number of carbonyl (C=O) groups excluding carboxylic acids is 3. The van der Waals surface area contributed by atoms with Crippen LogP contribution in [0.1, 0.15) is 70.3 Å². The zero-order valence-electron chi connectivity index (χ0n) is 27.2. The number of ketones is 1. The number of ether oxygens (including phenoxy) is 3. The van der Waals surface area contributed by atoms with E-state index in [1.165, 1.54) is 7.11 Å². The SMILES string of the molecule is C=C(C)C(=O)CCCC1CCC(c2cc(OC(=O)C(=C)COC)ccc2-c2ccc(-c3ccc(OC(=O)C(=C)C)cc3)cc2)CC1. The average Bonchev–Trinajstić information content (AvgIpc) is 3.05. The number of esters is 2. The highest BCUT2D eigenvalue weighted by Crippen LogP contribution is 2.43. The summed E-state index contributed by atoms with van der Waals surface area (Å²) in [4.78, 5) is 36.4. The second-order valence-electron chi connectivity index (χ2n) is 12.3. The minimum Gasteiger partial charge on any atom is -0.423 e. The first-order valence-corrected chi connectivity index (χ1v) is 15.9. The fourth-order valence-corrected chi connectivity index (χ4v) is 5.90. The van der Waals surface area contributed by atoms with Gasteiger partial charge in [-0.05, 0) is 115 Å². The Morgan fingerprint density at radius 3 is 1.87 bits per heavy atom. The molecule has 0 aliphatic heterocycles. The lowest BCUT2D eigenvalue weighted by atomic mass is 9.75. The smallest absolute Gasteiger partial charge is 0.341 e. The van der Waals surface area contributed by atoms with Crippen molar-refractivity contribution >= 4 is 17.7 Å². The summed E-state index contributed by atoms with van der Waals surface area (Å²) in [6.07, 6.45) is 6.77. The van der Waals surface area contributed by atoms with E-state index in [0.717, 1.165) is 66.3 Å². The number of rotatable bonds is 14. The molecule has 0 saturated heterocycles. The van der Waals surface area contributed by atoms with Gasteiger partial charge in [-0.15, -0.1) is 0 Å². The second-order valence-corrected chi connectivity index (χ2v) is 12.3. The average molecular weight is 621 g/mol. The van der Waals surface area contributed by atoms with Gasteiger partial charge in [0.25, 0.3) is 0 Å². The first-order valence-electron chi connectivity index (χ1n) is 15.9. The Bertz CT molecular complexity index is 1590. The number of methoxy groups -OCH3 is 1. The fourth-order valence-electron chi connectivity index (χ4n) is 5.90. The van der Waals surface area contributed by atoms with Gasteiger partial charge < -0.3 is 14.2 Å². The molecule has 1 saturated carbocycles. The minimum absolute atomic E-state index is 0.112. The summed E-state index contributed by atoms with van der Waals surface area (Å²) in [6, 6.07) is 21.7. The Balaban J connectivity index is 1.53. The largest absolute Gasteiger partial charge is 0.423 e. The van der Waals surface area contributed by atoms with Crippen LogP contribution in [0.5, 0.6) is 11.5 Å². The standard InChI is InChI=1S/C40H44O6/c1-26(2)38(41)9-7-8-29-10-12-33(13-11-29)37-24-35(46-40(43)28(5)25-44-6)22-23-36(37)32-16-14-30(15-17-32)31-18-20-34(21-19-31)45-39(42)27(3)4/h14-24,29,33H,1,3,5,7-13,25H2,2,4,6H3. The molecule has 0 radical (unpaired) electrons. The van der Waals surface area contributed by atoms with Crippen LogP contribution in [0, 0.1) is 5.92 Å². The van der Waals surface area contributed by atoms with Gasteiger partial charge in [0.2, 0.25) is 0 Å². The van der Waals surface area contributed by atoms with Crippen LogP contribution in [0.25, 0.3) is 22.3 Å². The highest BCUT2D eigenvalue weighted by atomic mass is 16.5. The van der Waals surface area contributed by atoms with E-state index >= 15 is 0 Å². The van der Waals surface area contributed by atoms with Crippen molar-refractivity contribution < 1.29 is 28.6 Å². The molecule has 0 aromatic heterocycles. The molecule has 3 aromatic carbocycles. The molecule has 1 aliphatic rings. The monoisotopic (exact) mass is 620 g/mol. The quantitative estimate of drug-likeness (QED) is 0.102. The number of hydrogen-bond donors (Lipinski definition) is 0. The van der Waals surface area contributed by atoms with E-state index in [9.17, 15) is 14.4 Å². The molecule has 1 fully saturated rings. The molecule has 0 atom stereocenters. The Hall–Kier alpha value is -4.55. The molecule has 240 valence electrons. The number of hydrogen-bond acceptors (Lipinski definition) is 6. The summed E-state index contributed by atoms with van der Waals surface area (Å²) < 4.78 is 16.1. The van der Waals surface area contributed by atoms with Gasteiger partial charge in [0.15, 0.2) is 5.78 Å². The second kappa shape index (κ2) is 16.1. The lowest BCUT2D eigenvalue weighted by molar-refractivity contribution is -0.131. The van der Waals surface area contributed by atoms with Crippen molar-refractivity contribution in [2.24, 2.45) is 5.92 Å². The summed E-state index contributed by atoms with van der Waals surface area (Å²) in [6.45, 7) is 14.7. The number of Topliss-reactive ketones (excluding diaryl/α,β-unsaturated/α-hetero) is 1. The Morgan fingerprint density at radius 1 is 0.717 bits per heavy atom. The minimum atomic E-state index is -0.502. The molecule has 6 heteroatoms. The molecule has 0 unspecified atom stereocenters. The fraction of sp³-hybridized carbons (Fsp3) is 0.325. The summed E-state index contributed by atoms with van der Waals surface area (Å²) in [5.74, 6) is 1.09. The maximum atomic E-state index is 12.6. The van der Waals surface area contributed by atoms with Crippen molar-refractivity contribution in [1.29, 1.82) is 0 Å². The first kappa shape index (κ1) is 34.3. The lowest BCUT2D eigenvalue weighted by Gasteiger charge is -2.30. The summed E-state index contributed by atoms with van der Waals surface area (Å²) >= 11 is 0. The molecule has 4 rings (SSSR count). The third-order valence-electron chi connectivity index (χ3n) is 8.56. The van der Waals surface area contributed by atoms with Crippen molar-refractivity contribution in [1.82, 2.24) is 0 Å². The Morgan fingerprint density at radius 2 is 1.28 bits per heavy atom. The molecule has 6 nitrogen and oxygen atoms in total. The summed E-state index contributed by atoms with van der Waals surface area (Å²) in [5.41, 5.74) is 6.63. The van der Waals surface area contributed by atoms with Crippen LogP contribution in [-0.2, 0) is 19.1 Å². The van der Waals surface area contributed by atoms with Crippen molar-refractivity contribution in [3.8, 4) is 33.8 Å². The molecule has 0 bridgehead atoms. The van der Waals surface area contributed by atoms with Crippen LogP contribution in [0.3, 0.4) is 0 Å². The Labute approximate surface area is 272 Å². The van der Waals surface area contributed by atoms with Gasteiger partial charge in [0.1, 0.15) is 11.5 Å². The van der Waals surface area contributed by atoms with Crippen LogP contribution >= 0.6 is 0 Å². The van der Waals surface area contributed by atoms with Gasteiger partial charge in [-0.25, -0.2) is 9.59 Å². The zero-order valence-corrected chi connectivity index (χ0v) is 27.2. The van der Waals surface area contributed by atoms with Crippen LogP contribution < -0.4 is 9.47 Å². The summed E-state index contributed by atoms with van der Waals surface area (Å²) in [5, 5.41) is 0. The zero-order chi connectivity index (χ0) is 33.2. The Kier molecular flexibility index (Phi) is 12.0. The van der Waals surface area contributed by atoms with Crippen molar-refractivity contribution in [2.75, 3.05) is 13.7 Å². The molecule has 1 aliphatic carbocycles. The number of benzene rings is 3. The van der Waals surface area contributed by atoms with Gasteiger partial charge in [0, 0.05) is 19.1 Å².